The van der Waals surface area contributed by atoms with Crippen molar-refractivity contribution in [2.75, 3.05) is 0 Å². The van der Waals surface area contributed by atoms with E-state index in [-0.39, 0.29) is 0 Å². The van der Waals surface area contributed by atoms with E-state index >= 15 is 0 Å². The zero-order valence-corrected chi connectivity index (χ0v) is 11.5. The molecule has 1 aromatic heterocycles. The second-order valence-corrected chi connectivity index (χ2v) is 5.35. The van der Waals surface area contributed by atoms with E-state index in [4.69, 9.17) is 11.6 Å². The van der Waals surface area contributed by atoms with E-state index < -0.39 is 0 Å². The maximum atomic E-state index is 6.08. The molecule has 4 rings (SSSR count). The molecule has 0 bridgehead atoms. The van der Waals surface area contributed by atoms with Crippen LogP contribution >= 0.6 is 11.6 Å². The quantitative estimate of drug-likeness (QED) is 0.463. The molecule has 0 aliphatic heterocycles. The van der Waals surface area contributed by atoms with Gasteiger partial charge in [-0.2, -0.15) is 0 Å². The second-order valence-electron chi connectivity index (χ2n) is 4.91. The van der Waals surface area contributed by atoms with Gasteiger partial charge >= 0.3 is 0 Å². The summed E-state index contributed by atoms with van der Waals surface area (Å²) in [6.07, 6.45) is 0. The number of benzene rings is 3. The zero-order chi connectivity index (χ0) is 13.5. The van der Waals surface area contributed by atoms with Crippen molar-refractivity contribution < 1.29 is 0 Å². The maximum Gasteiger partial charge on any atom is 0.0480 e. The van der Waals surface area contributed by atoms with Crippen molar-refractivity contribution in [1.29, 1.82) is 0 Å². The fourth-order valence-corrected chi connectivity index (χ4v) is 2.96. The summed E-state index contributed by atoms with van der Waals surface area (Å²) >= 11 is 6.08. The van der Waals surface area contributed by atoms with Crippen molar-refractivity contribution in [3.05, 3.63) is 71.8 Å². The molecule has 0 radical (unpaired) electrons. The molecule has 0 fully saturated rings. The fourth-order valence-electron chi connectivity index (χ4n) is 2.79. The van der Waals surface area contributed by atoms with Crippen LogP contribution in [0.5, 0.6) is 0 Å². The van der Waals surface area contributed by atoms with E-state index in [1.165, 1.54) is 21.9 Å². The largest absolute Gasteiger partial charge is 0.354 e. The minimum atomic E-state index is 0.755. The smallest absolute Gasteiger partial charge is 0.0480 e. The Balaban J connectivity index is 2.14. The molecular weight excluding hydrogens is 266 g/mol. The summed E-state index contributed by atoms with van der Waals surface area (Å²) in [5, 5.41) is 3.22. The summed E-state index contributed by atoms with van der Waals surface area (Å²) in [5.74, 6) is 0. The fraction of sp³-hybridized carbons (Fsp3) is 0. The van der Waals surface area contributed by atoms with Gasteiger partial charge in [0.1, 0.15) is 0 Å². The molecule has 20 heavy (non-hydrogen) atoms. The number of fused-ring (bicyclic) bond motifs is 3. The highest BCUT2D eigenvalue weighted by Gasteiger charge is 2.09. The lowest BCUT2D eigenvalue weighted by atomic mass is 10.00. The first-order chi connectivity index (χ1) is 9.83. The van der Waals surface area contributed by atoms with E-state index in [1.807, 2.05) is 18.2 Å². The third-order valence-electron chi connectivity index (χ3n) is 3.67. The van der Waals surface area contributed by atoms with Crippen molar-refractivity contribution in [3.8, 4) is 11.1 Å². The van der Waals surface area contributed by atoms with Crippen LogP contribution in [0.25, 0.3) is 32.9 Å². The predicted octanol–water partition coefficient (Wildman–Crippen LogP) is 5.64. The monoisotopic (exact) mass is 277 g/mol. The van der Waals surface area contributed by atoms with Crippen molar-refractivity contribution >= 4 is 33.4 Å². The molecule has 0 spiro atoms. The molecule has 0 unspecified atom stereocenters. The first-order valence-corrected chi connectivity index (χ1v) is 6.96. The summed E-state index contributed by atoms with van der Waals surface area (Å²) in [6.45, 7) is 0. The van der Waals surface area contributed by atoms with Gasteiger partial charge in [-0.25, -0.2) is 0 Å². The first kappa shape index (κ1) is 11.6. The van der Waals surface area contributed by atoms with Crippen LogP contribution < -0.4 is 0 Å². The Hall–Kier alpha value is -2.25. The van der Waals surface area contributed by atoms with Crippen LogP contribution in [0.15, 0.2) is 66.7 Å². The van der Waals surface area contributed by atoms with Crippen molar-refractivity contribution in [1.82, 2.24) is 4.98 Å². The molecular formula is C18H12ClN. The summed E-state index contributed by atoms with van der Waals surface area (Å²) in [7, 11) is 0. The Morgan fingerprint density at radius 2 is 1.60 bits per heavy atom. The molecule has 0 saturated carbocycles. The van der Waals surface area contributed by atoms with Crippen molar-refractivity contribution in [2.45, 2.75) is 0 Å². The normalized spacial score (nSPS) is 11.2. The zero-order valence-electron chi connectivity index (χ0n) is 10.7. The minimum Gasteiger partial charge on any atom is -0.354 e. The van der Waals surface area contributed by atoms with Gasteiger partial charge in [0.2, 0.25) is 0 Å². The number of rotatable bonds is 1. The van der Waals surface area contributed by atoms with Crippen LogP contribution in [-0.4, -0.2) is 4.98 Å². The van der Waals surface area contributed by atoms with Crippen LogP contribution in [0.2, 0.25) is 5.02 Å². The Labute approximate surface area is 121 Å². The Morgan fingerprint density at radius 1 is 0.750 bits per heavy atom. The highest BCUT2D eigenvalue weighted by molar-refractivity contribution is 6.31. The number of hydrogen-bond acceptors (Lipinski definition) is 0. The van der Waals surface area contributed by atoms with Crippen LogP contribution in [0.4, 0.5) is 0 Å². The van der Waals surface area contributed by atoms with Gasteiger partial charge in [-0.05, 0) is 29.3 Å². The highest BCUT2D eigenvalue weighted by Crippen LogP contribution is 2.35. The standard InChI is InChI=1S/C18H12ClN/c19-13-9-10-15-17(11-13)20-16-8-4-7-14(18(15)16)12-5-2-1-3-6-12/h1-11,20H. The number of aromatic nitrogens is 1. The Kier molecular flexibility index (Phi) is 2.54. The molecule has 1 nitrogen and oxygen atoms in total. The molecule has 4 aromatic rings. The lowest BCUT2D eigenvalue weighted by Gasteiger charge is -2.04. The van der Waals surface area contributed by atoms with Gasteiger partial charge in [-0.1, -0.05) is 60.1 Å². The first-order valence-electron chi connectivity index (χ1n) is 6.58. The predicted molar refractivity (Wildman–Crippen MR) is 86.3 cm³/mol. The highest BCUT2D eigenvalue weighted by atomic mass is 35.5. The number of aromatic amines is 1. The van der Waals surface area contributed by atoms with E-state index in [2.05, 4.69) is 53.5 Å². The van der Waals surface area contributed by atoms with Gasteiger partial charge in [0.05, 0.1) is 0 Å². The van der Waals surface area contributed by atoms with E-state index in [0.717, 1.165) is 16.1 Å². The summed E-state index contributed by atoms with van der Waals surface area (Å²) in [5.41, 5.74) is 4.70. The van der Waals surface area contributed by atoms with Crippen LogP contribution in [-0.2, 0) is 0 Å². The molecule has 1 heterocycles. The van der Waals surface area contributed by atoms with Gasteiger partial charge in [-0.3, -0.25) is 0 Å². The van der Waals surface area contributed by atoms with Gasteiger partial charge in [0.15, 0.2) is 0 Å². The van der Waals surface area contributed by atoms with Gasteiger partial charge in [0, 0.05) is 26.8 Å². The molecule has 2 heteroatoms. The Morgan fingerprint density at radius 3 is 2.45 bits per heavy atom. The van der Waals surface area contributed by atoms with Crippen LogP contribution in [0, 0.1) is 0 Å². The third-order valence-corrected chi connectivity index (χ3v) is 3.90. The van der Waals surface area contributed by atoms with Gasteiger partial charge in [0.25, 0.3) is 0 Å². The molecule has 0 saturated heterocycles. The molecule has 0 amide bonds. The number of H-pyrrole nitrogens is 1. The van der Waals surface area contributed by atoms with E-state index in [9.17, 15) is 0 Å². The molecule has 0 aliphatic carbocycles. The summed E-state index contributed by atoms with van der Waals surface area (Å²) in [4.78, 5) is 3.44. The topological polar surface area (TPSA) is 15.8 Å². The molecule has 0 atom stereocenters. The average Bonchev–Trinajstić information content (AvgIpc) is 2.85. The lowest BCUT2D eigenvalue weighted by molar-refractivity contribution is 1.54. The molecule has 96 valence electrons. The van der Waals surface area contributed by atoms with Gasteiger partial charge < -0.3 is 4.98 Å². The average molecular weight is 278 g/mol. The van der Waals surface area contributed by atoms with E-state index in [0.29, 0.717) is 0 Å². The number of halogens is 1. The third kappa shape index (κ3) is 1.71. The lowest BCUT2D eigenvalue weighted by Crippen LogP contribution is -1.78. The number of hydrogen-bond donors (Lipinski definition) is 1. The SMILES string of the molecule is Clc1ccc2c(c1)[nH]c1cccc(-c3ccccc3)c12. The van der Waals surface area contributed by atoms with Crippen LogP contribution in [0.3, 0.4) is 0 Å². The van der Waals surface area contributed by atoms with Crippen molar-refractivity contribution in [3.63, 3.8) is 0 Å². The summed E-state index contributed by atoms with van der Waals surface area (Å²) in [6, 6.07) is 22.8. The molecule has 0 aliphatic rings. The van der Waals surface area contributed by atoms with Crippen molar-refractivity contribution in [2.24, 2.45) is 0 Å². The molecule has 3 aromatic carbocycles. The molecule has 1 N–H and O–H groups in total. The second kappa shape index (κ2) is 4.39. The maximum absolute atomic E-state index is 6.08. The number of nitrogens with one attached hydrogen (secondary N) is 1. The van der Waals surface area contributed by atoms with E-state index in [1.54, 1.807) is 0 Å². The summed E-state index contributed by atoms with van der Waals surface area (Å²) < 4.78 is 0. The van der Waals surface area contributed by atoms with Gasteiger partial charge in [-0.15, -0.1) is 0 Å². The minimum absolute atomic E-state index is 0.755. The Bertz CT molecular complexity index is 907. The van der Waals surface area contributed by atoms with Crippen LogP contribution in [0.1, 0.15) is 0 Å².